The predicted octanol–water partition coefficient (Wildman–Crippen LogP) is 4.13. The summed E-state index contributed by atoms with van der Waals surface area (Å²) in [5.41, 5.74) is 1.68. The Balaban J connectivity index is 2.01. The average molecular weight is 365 g/mol. The lowest BCUT2D eigenvalue weighted by atomic mass is 9.98. The average Bonchev–Trinajstić information content (AvgIpc) is 3.03. The second-order valence-electron chi connectivity index (χ2n) is 6.68. The summed E-state index contributed by atoms with van der Waals surface area (Å²) in [6, 6.07) is 14.5. The van der Waals surface area contributed by atoms with E-state index in [-0.39, 0.29) is 24.2 Å². The lowest BCUT2D eigenvalue weighted by Gasteiger charge is -2.08. The number of carbonyl (C=O) groups excluding carboxylic acids is 2. The van der Waals surface area contributed by atoms with Crippen molar-refractivity contribution in [3.8, 4) is 5.75 Å². The lowest BCUT2D eigenvalue weighted by Crippen LogP contribution is -2.30. The van der Waals surface area contributed by atoms with E-state index in [1.807, 2.05) is 32.0 Å². The van der Waals surface area contributed by atoms with Gasteiger partial charge in [0, 0.05) is 29.8 Å². The highest BCUT2D eigenvalue weighted by molar-refractivity contribution is 6.17. The molecule has 0 radical (unpaired) electrons. The minimum absolute atomic E-state index is 0.0684. The van der Waals surface area contributed by atoms with Crippen molar-refractivity contribution in [3.63, 3.8) is 0 Å². The van der Waals surface area contributed by atoms with Crippen LogP contribution in [0.25, 0.3) is 11.0 Å². The minimum Gasteiger partial charge on any atom is -0.497 e. The van der Waals surface area contributed by atoms with Crippen molar-refractivity contribution < 1.29 is 18.7 Å². The molecule has 3 rings (SSSR count). The van der Waals surface area contributed by atoms with Gasteiger partial charge in [0.1, 0.15) is 17.1 Å². The van der Waals surface area contributed by atoms with Crippen molar-refractivity contribution in [1.29, 1.82) is 0 Å². The highest BCUT2D eigenvalue weighted by Crippen LogP contribution is 2.32. The lowest BCUT2D eigenvalue weighted by molar-refractivity contribution is -0.121. The Labute approximate surface area is 158 Å². The van der Waals surface area contributed by atoms with E-state index < -0.39 is 0 Å². The number of aryl methyl sites for hydroxylation is 1. The zero-order valence-electron chi connectivity index (χ0n) is 15.7. The standard InChI is InChI=1S/C22H23NO4/c1-14(2)23-20(24)12-11-19-21(22(25)15-7-5-4-6-8-15)17-13-16(26-3)9-10-18(17)27-19/h4-10,13-14H,11-12H2,1-3H3,(H,23,24). The summed E-state index contributed by atoms with van der Waals surface area (Å²) in [5, 5.41) is 3.56. The number of carbonyl (C=O) groups is 2. The largest absolute Gasteiger partial charge is 0.497 e. The number of furan rings is 1. The van der Waals surface area contributed by atoms with Gasteiger partial charge in [-0.2, -0.15) is 0 Å². The molecule has 140 valence electrons. The molecule has 0 bridgehead atoms. The van der Waals surface area contributed by atoms with Crippen LogP contribution in [0.2, 0.25) is 0 Å². The molecule has 5 nitrogen and oxygen atoms in total. The summed E-state index contributed by atoms with van der Waals surface area (Å²) in [5.74, 6) is 0.976. The van der Waals surface area contributed by atoms with Gasteiger partial charge in [-0.05, 0) is 32.0 Å². The monoisotopic (exact) mass is 365 g/mol. The van der Waals surface area contributed by atoms with Crippen molar-refractivity contribution in [2.75, 3.05) is 7.11 Å². The van der Waals surface area contributed by atoms with Crippen molar-refractivity contribution >= 4 is 22.7 Å². The molecule has 3 aromatic rings. The molecule has 0 atom stereocenters. The van der Waals surface area contributed by atoms with E-state index in [2.05, 4.69) is 5.32 Å². The van der Waals surface area contributed by atoms with Gasteiger partial charge < -0.3 is 14.5 Å². The van der Waals surface area contributed by atoms with E-state index >= 15 is 0 Å². The fourth-order valence-corrected chi connectivity index (χ4v) is 3.03. The predicted molar refractivity (Wildman–Crippen MR) is 104 cm³/mol. The second-order valence-corrected chi connectivity index (χ2v) is 6.68. The topological polar surface area (TPSA) is 68.5 Å². The first-order valence-electron chi connectivity index (χ1n) is 8.98. The van der Waals surface area contributed by atoms with Gasteiger partial charge in [-0.15, -0.1) is 0 Å². The Morgan fingerprint density at radius 2 is 1.85 bits per heavy atom. The molecule has 0 saturated heterocycles. The maximum absolute atomic E-state index is 13.2. The summed E-state index contributed by atoms with van der Waals surface area (Å²) < 4.78 is 11.2. The fourth-order valence-electron chi connectivity index (χ4n) is 3.03. The molecule has 0 spiro atoms. The van der Waals surface area contributed by atoms with E-state index in [0.717, 1.165) is 0 Å². The third-order valence-electron chi connectivity index (χ3n) is 4.26. The van der Waals surface area contributed by atoms with Gasteiger partial charge in [-0.3, -0.25) is 9.59 Å². The number of benzene rings is 2. The molecule has 0 unspecified atom stereocenters. The van der Waals surface area contributed by atoms with Crippen molar-refractivity contribution in [2.45, 2.75) is 32.7 Å². The van der Waals surface area contributed by atoms with Gasteiger partial charge in [0.2, 0.25) is 5.91 Å². The van der Waals surface area contributed by atoms with E-state index in [9.17, 15) is 9.59 Å². The van der Waals surface area contributed by atoms with E-state index in [4.69, 9.17) is 9.15 Å². The van der Waals surface area contributed by atoms with Gasteiger partial charge in [0.05, 0.1) is 12.7 Å². The number of fused-ring (bicyclic) bond motifs is 1. The number of ether oxygens (including phenoxy) is 1. The van der Waals surface area contributed by atoms with Gasteiger partial charge >= 0.3 is 0 Å². The van der Waals surface area contributed by atoms with E-state index in [0.29, 0.717) is 40.0 Å². The number of ketones is 1. The summed E-state index contributed by atoms with van der Waals surface area (Å²) >= 11 is 0. The van der Waals surface area contributed by atoms with Crippen LogP contribution in [0.1, 0.15) is 41.9 Å². The fraction of sp³-hybridized carbons (Fsp3) is 0.273. The van der Waals surface area contributed by atoms with Crippen LogP contribution in [0.3, 0.4) is 0 Å². The zero-order chi connectivity index (χ0) is 19.4. The number of amides is 1. The Bertz CT molecular complexity index is 957. The first-order valence-corrected chi connectivity index (χ1v) is 8.98. The SMILES string of the molecule is COc1ccc2oc(CCC(=O)NC(C)C)c(C(=O)c3ccccc3)c2c1. The molecule has 1 aromatic heterocycles. The molecule has 0 fully saturated rings. The molecule has 0 aliphatic heterocycles. The highest BCUT2D eigenvalue weighted by Gasteiger charge is 2.23. The summed E-state index contributed by atoms with van der Waals surface area (Å²) in [4.78, 5) is 25.2. The number of hydrogen-bond donors (Lipinski definition) is 1. The molecule has 1 amide bonds. The van der Waals surface area contributed by atoms with Gasteiger partial charge in [-0.25, -0.2) is 0 Å². The van der Waals surface area contributed by atoms with Crippen LogP contribution < -0.4 is 10.1 Å². The molecule has 5 heteroatoms. The Hall–Kier alpha value is -3.08. The molecule has 2 aromatic carbocycles. The van der Waals surface area contributed by atoms with E-state index in [1.165, 1.54) is 0 Å². The quantitative estimate of drug-likeness (QED) is 0.639. The molecule has 27 heavy (non-hydrogen) atoms. The van der Waals surface area contributed by atoms with Crippen LogP contribution in [0, 0.1) is 0 Å². The number of nitrogens with one attached hydrogen (secondary N) is 1. The summed E-state index contributed by atoms with van der Waals surface area (Å²) in [6.45, 7) is 3.82. The first kappa shape index (κ1) is 18.7. The highest BCUT2D eigenvalue weighted by atomic mass is 16.5. The van der Waals surface area contributed by atoms with Crippen LogP contribution in [-0.2, 0) is 11.2 Å². The molecule has 0 aliphatic carbocycles. The van der Waals surface area contributed by atoms with Crippen LogP contribution in [0.4, 0.5) is 0 Å². The smallest absolute Gasteiger partial charge is 0.220 e. The van der Waals surface area contributed by atoms with Crippen molar-refractivity contribution in [1.82, 2.24) is 5.32 Å². The van der Waals surface area contributed by atoms with Gasteiger partial charge in [-0.1, -0.05) is 30.3 Å². The first-order chi connectivity index (χ1) is 13.0. The molecular weight excluding hydrogens is 342 g/mol. The third-order valence-corrected chi connectivity index (χ3v) is 4.26. The maximum Gasteiger partial charge on any atom is 0.220 e. The Kier molecular flexibility index (Phi) is 5.60. The maximum atomic E-state index is 13.2. The second kappa shape index (κ2) is 8.08. The van der Waals surface area contributed by atoms with Crippen LogP contribution in [0.15, 0.2) is 52.9 Å². The number of rotatable bonds is 7. The summed E-state index contributed by atoms with van der Waals surface area (Å²) in [7, 11) is 1.58. The van der Waals surface area contributed by atoms with Gasteiger partial charge in [0.25, 0.3) is 0 Å². The summed E-state index contributed by atoms with van der Waals surface area (Å²) in [6.07, 6.45) is 0.605. The van der Waals surface area contributed by atoms with Gasteiger partial charge in [0.15, 0.2) is 5.78 Å². The van der Waals surface area contributed by atoms with Crippen LogP contribution in [-0.4, -0.2) is 24.8 Å². The Morgan fingerprint density at radius 1 is 1.11 bits per heavy atom. The molecule has 1 N–H and O–H groups in total. The normalized spacial score (nSPS) is 11.0. The number of hydrogen-bond acceptors (Lipinski definition) is 4. The van der Waals surface area contributed by atoms with Crippen LogP contribution in [0.5, 0.6) is 5.75 Å². The van der Waals surface area contributed by atoms with Crippen molar-refractivity contribution in [3.05, 3.63) is 65.4 Å². The molecular formula is C22H23NO4. The zero-order valence-corrected chi connectivity index (χ0v) is 15.7. The molecule has 0 aliphatic rings. The van der Waals surface area contributed by atoms with E-state index in [1.54, 1.807) is 37.4 Å². The number of methoxy groups -OCH3 is 1. The third kappa shape index (κ3) is 4.19. The molecule has 0 saturated carbocycles. The Morgan fingerprint density at radius 3 is 2.52 bits per heavy atom. The molecule has 1 heterocycles. The minimum atomic E-state index is -0.123. The van der Waals surface area contributed by atoms with Crippen LogP contribution >= 0.6 is 0 Å². The van der Waals surface area contributed by atoms with Crippen molar-refractivity contribution in [2.24, 2.45) is 0 Å².